The van der Waals surface area contributed by atoms with Crippen molar-refractivity contribution in [3.8, 4) is 11.5 Å². The van der Waals surface area contributed by atoms with Gasteiger partial charge in [0.15, 0.2) is 0 Å². The van der Waals surface area contributed by atoms with Gasteiger partial charge in [0.1, 0.15) is 16.5 Å². The molecule has 0 spiro atoms. The number of nitrogens with one attached hydrogen (secondary N) is 2. The summed E-state index contributed by atoms with van der Waals surface area (Å²) in [6.07, 6.45) is -1.89. The van der Waals surface area contributed by atoms with Crippen LogP contribution in [0.15, 0.2) is 54.7 Å². The van der Waals surface area contributed by atoms with Gasteiger partial charge in [-0.05, 0) is 66.8 Å². The number of carbonyl (C=O) groups excluding carboxylic acids is 1. The summed E-state index contributed by atoms with van der Waals surface area (Å²) in [5, 5.41) is 6.74. The maximum absolute atomic E-state index is 12.9. The topological polar surface area (TPSA) is 63.2 Å². The Morgan fingerprint density at radius 1 is 1.12 bits per heavy atom. The lowest BCUT2D eigenvalue weighted by Gasteiger charge is -2.11. The number of halogens is 4. The summed E-state index contributed by atoms with van der Waals surface area (Å²) >= 11 is 7.28. The molecule has 0 atom stereocenters. The quantitative estimate of drug-likeness (QED) is 0.264. The molecule has 0 saturated heterocycles. The number of rotatable bonds is 8. The largest absolute Gasteiger partial charge is 0.457 e. The van der Waals surface area contributed by atoms with E-state index in [9.17, 15) is 18.0 Å². The van der Waals surface area contributed by atoms with Crippen LogP contribution in [0.25, 0.3) is 5.57 Å². The van der Waals surface area contributed by atoms with E-state index in [1.54, 1.807) is 37.4 Å². The van der Waals surface area contributed by atoms with Gasteiger partial charge in [-0.3, -0.25) is 4.79 Å². The Labute approximate surface area is 198 Å². The summed E-state index contributed by atoms with van der Waals surface area (Å²) in [6.45, 7) is 4.45. The van der Waals surface area contributed by atoms with Crippen molar-refractivity contribution in [1.82, 2.24) is 9.69 Å². The number of carbonyl (C=O) groups is 1. The van der Waals surface area contributed by atoms with Gasteiger partial charge in [-0.2, -0.15) is 17.5 Å². The van der Waals surface area contributed by atoms with Gasteiger partial charge in [0.25, 0.3) is 5.91 Å². The number of anilines is 1. The van der Waals surface area contributed by atoms with Gasteiger partial charge in [-0.15, -0.1) is 0 Å². The highest BCUT2D eigenvalue weighted by molar-refractivity contribution is 7.11. The van der Waals surface area contributed by atoms with E-state index in [1.807, 2.05) is 6.92 Å². The van der Waals surface area contributed by atoms with Crippen LogP contribution in [0.5, 0.6) is 11.5 Å². The van der Waals surface area contributed by atoms with Gasteiger partial charge in [-0.1, -0.05) is 30.7 Å². The summed E-state index contributed by atoms with van der Waals surface area (Å²) in [5.74, 6) is 0.325. The lowest BCUT2D eigenvalue weighted by molar-refractivity contribution is -0.137. The number of nitrogens with zero attached hydrogens (tertiary/aromatic N) is 1. The molecule has 2 N–H and O–H groups in total. The zero-order valence-corrected chi connectivity index (χ0v) is 19.4. The first-order chi connectivity index (χ1) is 15.7. The Balaban J connectivity index is 1.76. The van der Waals surface area contributed by atoms with E-state index in [0.717, 1.165) is 30.1 Å². The number of amides is 1. The minimum Gasteiger partial charge on any atom is -0.457 e. The third-order valence-corrected chi connectivity index (χ3v) is 5.91. The average molecular weight is 496 g/mol. The Morgan fingerprint density at radius 2 is 1.73 bits per heavy atom. The molecule has 0 aliphatic rings. The first-order valence-corrected chi connectivity index (χ1v) is 11.2. The summed E-state index contributed by atoms with van der Waals surface area (Å²) in [4.78, 5) is 12.9. The van der Waals surface area contributed by atoms with E-state index in [-0.39, 0.29) is 11.7 Å². The predicted octanol–water partition coefficient (Wildman–Crippen LogP) is 6.90. The molecule has 1 heterocycles. The molecular formula is C23H21ClF3N3O2S. The van der Waals surface area contributed by atoms with Crippen molar-refractivity contribution in [3.05, 3.63) is 76.6 Å². The number of ether oxygens (including phenoxy) is 1. The highest BCUT2D eigenvalue weighted by atomic mass is 35.5. The van der Waals surface area contributed by atoms with Crippen molar-refractivity contribution in [3.63, 3.8) is 0 Å². The van der Waals surface area contributed by atoms with Crippen LogP contribution in [0.4, 0.5) is 18.2 Å². The van der Waals surface area contributed by atoms with Crippen LogP contribution >= 0.6 is 23.1 Å². The second kappa shape index (κ2) is 10.7. The fourth-order valence-corrected chi connectivity index (χ4v) is 3.68. The molecule has 33 heavy (non-hydrogen) atoms. The van der Waals surface area contributed by atoms with Gasteiger partial charge in [-0.25, -0.2) is 0 Å². The van der Waals surface area contributed by atoms with Gasteiger partial charge in [0, 0.05) is 12.7 Å². The van der Waals surface area contributed by atoms with E-state index in [2.05, 4.69) is 15.0 Å². The molecular weight excluding hydrogens is 475 g/mol. The number of benzene rings is 2. The van der Waals surface area contributed by atoms with Crippen molar-refractivity contribution in [1.29, 1.82) is 0 Å². The van der Waals surface area contributed by atoms with Crippen LogP contribution < -0.4 is 15.4 Å². The lowest BCUT2D eigenvalue weighted by Crippen LogP contribution is -2.16. The van der Waals surface area contributed by atoms with E-state index in [4.69, 9.17) is 16.3 Å². The number of hydrogen-bond donors (Lipinski definition) is 2. The van der Waals surface area contributed by atoms with E-state index in [0.29, 0.717) is 39.1 Å². The second-order valence-corrected chi connectivity index (χ2v) is 8.18. The summed E-state index contributed by atoms with van der Waals surface area (Å²) in [5.41, 5.74) is 0.887. The third-order valence-electron chi connectivity index (χ3n) is 4.49. The minimum atomic E-state index is -4.41. The Bertz CT molecular complexity index is 1130. The number of hydrogen-bond acceptors (Lipinski definition) is 5. The van der Waals surface area contributed by atoms with Crippen LogP contribution in [0, 0.1) is 6.92 Å². The average Bonchev–Trinajstić information content (AvgIpc) is 3.09. The molecule has 0 fully saturated rings. The Kier molecular flexibility index (Phi) is 7.99. The maximum atomic E-state index is 12.9. The summed E-state index contributed by atoms with van der Waals surface area (Å²) in [6, 6.07) is 11.1. The van der Waals surface area contributed by atoms with Crippen LogP contribution in [-0.4, -0.2) is 16.8 Å². The maximum Gasteiger partial charge on any atom is 0.416 e. The number of alkyl halides is 3. The normalized spacial score (nSPS) is 11.9. The molecule has 174 valence electrons. The zero-order chi connectivity index (χ0) is 24.0. The smallest absolute Gasteiger partial charge is 0.416 e. The molecule has 1 amide bonds. The zero-order valence-electron chi connectivity index (χ0n) is 17.8. The highest BCUT2D eigenvalue weighted by Gasteiger charge is 2.30. The number of aromatic nitrogens is 1. The molecule has 1 aromatic heterocycles. The van der Waals surface area contributed by atoms with Gasteiger partial charge < -0.3 is 15.4 Å². The number of aryl methyl sites for hydroxylation is 1. The van der Waals surface area contributed by atoms with Crippen LogP contribution in [0.1, 0.15) is 30.2 Å². The predicted molar refractivity (Wildman–Crippen MR) is 125 cm³/mol. The van der Waals surface area contributed by atoms with Crippen LogP contribution in [-0.2, 0) is 11.0 Å². The van der Waals surface area contributed by atoms with Gasteiger partial charge in [0.2, 0.25) is 0 Å². The fourth-order valence-electron chi connectivity index (χ4n) is 2.76. The van der Waals surface area contributed by atoms with Crippen molar-refractivity contribution in [2.24, 2.45) is 0 Å². The molecule has 5 nitrogen and oxygen atoms in total. The van der Waals surface area contributed by atoms with Gasteiger partial charge >= 0.3 is 6.18 Å². The molecule has 0 radical (unpaired) electrons. The molecule has 3 rings (SSSR count). The van der Waals surface area contributed by atoms with E-state index in [1.165, 1.54) is 12.1 Å². The molecule has 0 saturated carbocycles. The molecule has 3 aromatic rings. The first-order valence-electron chi connectivity index (χ1n) is 10.0. The van der Waals surface area contributed by atoms with Crippen molar-refractivity contribution in [2.45, 2.75) is 26.4 Å². The van der Waals surface area contributed by atoms with Gasteiger partial charge in [0.05, 0.1) is 21.9 Å². The summed E-state index contributed by atoms with van der Waals surface area (Å²) in [7, 11) is 0. The Hall–Kier alpha value is -3.04. The lowest BCUT2D eigenvalue weighted by atomic mass is 10.1. The van der Waals surface area contributed by atoms with Crippen molar-refractivity contribution in [2.75, 3.05) is 11.9 Å². The monoisotopic (exact) mass is 495 g/mol. The van der Waals surface area contributed by atoms with Crippen molar-refractivity contribution < 1.29 is 22.7 Å². The van der Waals surface area contributed by atoms with E-state index >= 15 is 0 Å². The third kappa shape index (κ3) is 6.49. The van der Waals surface area contributed by atoms with Crippen LogP contribution in [0.2, 0.25) is 5.02 Å². The first kappa shape index (κ1) is 24.6. The fraction of sp³-hybridized carbons (Fsp3) is 0.217. The highest BCUT2D eigenvalue weighted by Crippen LogP contribution is 2.32. The van der Waals surface area contributed by atoms with E-state index < -0.39 is 11.7 Å². The van der Waals surface area contributed by atoms with Crippen LogP contribution in [0.3, 0.4) is 0 Å². The SMILES string of the molecule is CCCN/C=C(\C(=O)Nc1snc(C)c1Cl)c1ccc(Oc2ccc(C(F)(F)F)cc2)cc1. The Morgan fingerprint density at radius 3 is 2.24 bits per heavy atom. The molecule has 2 aromatic carbocycles. The molecule has 10 heteroatoms. The molecule has 0 aliphatic carbocycles. The summed E-state index contributed by atoms with van der Waals surface area (Å²) < 4.78 is 47.9. The minimum absolute atomic E-state index is 0.268. The molecule has 0 aliphatic heterocycles. The molecule has 0 unspecified atom stereocenters. The van der Waals surface area contributed by atoms with Crippen molar-refractivity contribution >= 4 is 39.6 Å². The molecule has 0 bridgehead atoms. The second-order valence-electron chi connectivity index (χ2n) is 7.03. The standard InChI is InChI=1S/C23H21ClF3N3O2S/c1-3-12-28-13-19(21(31)29-22-20(24)14(2)30-33-22)15-4-8-17(9-5-15)32-18-10-6-16(7-11-18)23(25,26)27/h4-11,13,28H,3,12H2,1-2H3,(H,29,31)/b19-13-.